The molecule has 0 unspecified atom stereocenters. The van der Waals surface area contributed by atoms with Gasteiger partial charge in [-0.1, -0.05) is 47.1 Å². The van der Waals surface area contributed by atoms with E-state index in [2.05, 4.69) is 5.16 Å². The molecular formula is C16H13ClN2O3S. The van der Waals surface area contributed by atoms with E-state index in [1.165, 1.54) is 6.07 Å². The molecule has 0 radical (unpaired) electrons. The van der Waals surface area contributed by atoms with Crippen molar-refractivity contribution >= 4 is 21.6 Å². The molecule has 1 aromatic heterocycles. The fraction of sp³-hybridized carbons (Fsp3) is 0.0625. The number of halogens is 1. The quantitative estimate of drug-likeness (QED) is 0.783. The zero-order valence-corrected chi connectivity index (χ0v) is 13.7. The SMILES string of the molecule is Cc1noc(-c2cccc(Cl)c2)c1-c1ccccc1S(N)(=O)=O. The van der Waals surface area contributed by atoms with Gasteiger partial charge in [-0.15, -0.1) is 0 Å². The Kier molecular flexibility index (Phi) is 3.97. The number of benzene rings is 2. The van der Waals surface area contributed by atoms with Crippen LogP contribution in [0.5, 0.6) is 0 Å². The van der Waals surface area contributed by atoms with Gasteiger partial charge >= 0.3 is 0 Å². The number of primary sulfonamides is 1. The first-order valence-electron chi connectivity index (χ1n) is 6.72. The van der Waals surface area contributed by atoms with Crippen LogP contribution in [0.4, 0.5) is 0 Å². The molecule has 0 atom stereocenters. The average Bonchev–Trinajstić information content (AvgIpc) is 2.88. The summed E-state index contributed by atoms with van der Waals surface area (Å²) in [4.78, 5) is 0.0228. The lowest BCUT2D eigenvalue weighted by atomic mass is 10.00. The molecule has 0 saturated carbocycles. The molecule has 7 heteroatoms. The molecule has 0 aliphatic carbocycles. The highest BCUT2D eigenvalue weighted by atomic mass is 35.5. The fourth-order valence-corrected chi connectivity index (χ4v) is 3.37. The largest absolute Gasteiger partial charge is 0.355 e. The molecule has 0 spiro atoms. The van der Waals surface area contributed by atoms with Gasteiger partial charge in [0.1, 0.15) is 0 Å². The molecule has 0 aliphatic rings. The number of aryl methyl sites for hydroxylation is 1. The van der Waals surface area contributed by atoms with Crippen LogP contribution in [0.2, 0.25) is 5.02 Å². The van der Waals surface area contributed by atoms with Gasteiger partial charge < -0.3 is 4.52 Å². The van der Waals surface area contributed by atoms with Gasteiger partial charge in [0.05, 0.1) is 16.2 Å². The van der Waals surface area contributed by atoms with E-state index in [-0.39, 0.29) is 4.90 Å². The van der Waals surface area contributed by atoms with Crippen molar-refractivity contribution in [1.29, 1.82) is 0 Å². The molecule has 23 heavy (non-hydrogen) atoms. The Morgan fingerprint density at radius 1 is 1.13 bits per heavy atom. The van der Waals surface area contributed by atoms with Crippen LogP contribution in [0.1, 0.15) is 5.69 Å². The van der Waals surface area contributed by atoms with Gasteiger partial charge in [-0.05, 0) is 25.1 Å². The highest BCUT2D eigenvalue weighted by Crippen LogP contribution is 2.38. The van der Waals surface area contributed by atoms with E-state index >= 15 is 0 Å². The van der Waals surface area contributed by atoms with E-state index in [1.54, 1.807) is 43.3 Å². The maximum absolute atomic E-state index is 11.9. The first-order valence-corrected chi connectivity index (χ1v) is 8.65. The predicted octanol–water partition coefficient (Wildman–Crippen LogP) is 3.62. The summed E-state index contributed by atoms with van der Waals surface area (Å²) >= 11 is 6.03. The van der Waals surface area contributed by atoms with Gasteiger partial charge in [-0.25, -0.2) is 13.6 Å². The first kappa shape index (κ1) is 15.7. The van der Waals surface area contributed by atoms with E-state index in [9.17, 15) is 8.42 Å². The summed E-state index contributed by atoms with van der Waals surface area (Å²) in [5, 5.41) is 9.84. The van der Waals surface area contributed by atoms with Crippen molar-refractivity contribution in [3.8, 4) is 22.5 Å². The lowest BCUT2D eigenvalue weighted by molar-refractivity contribution is 0.427. The first-order chi connectivity index (χ1) is 10.9. The third-order valence-electron chi connectivity index (χ3n) is 3.41. The summed E-state index contributed by atoms with van der Waals surface area (Å²) in [6, 6.07) is 13.5. The molecule has 0 saturated heterocycles. The van der Waals surface area contributed by atoms with E-state index in [0.717, 1.165) is 0 Å². The van der Waals surface area contributed by atoms with Crippen LogP contribution in [0.3, 0.4) is 0 Å². The molecule has 0 amide bonds. The van der Waals surface area contributed by atoms with Crippen molar-refractivity contribution in [3.05, 3.63) is 59.2 Å². The van der Waals surface area contributed by atoms with Crippen LogP contribution in [0.25, 0.3) is 22.5 Å². The minimum Gasteiger partial charge on any atom is -0.355 e. The highest BCUT2D eigenvalue weighted by Gasteiger charge is 2.23. The van der Waals surface area contributed by atoms with Crippen molar-refractivity contribution in [1.82, 2.24) is 5.16 Å². The van der Waals surface area contributed by atoms with E-state index in [1.807, 2.05) is 6.07 Å². The molecule has 0 aliphatic heterocycles. The van der Waals surface area contributed by atoms with Crippen LogP contribution >= 0.6 is 11.6 Å². The van der Waals surface area contributed by atoms with Gasteiger partial charge in [0, 0.05) is 16.1 Å². The molecule has 0 bridgehead atoms. The second-order valence-electron chi connectivity index (χ2n) is 5.02. The normalized spacial score (nSPS) is 11.6. The van der Waals surface area contributed by atoms with Crippen LogP contribution in [0.15, 0.2) is 57.9 Å². The maximum atomic E-state index is 11.9. The van der Waals surface area contributed by atoms with Crippen LogP contribution in [0, 0.1) is 6.92 Å². The Bertz CT molecular complexity index is 980. The smallest absolute Gasteiger partial charge is 0.238 e. The van der Waals surface area contributed by atoms with Gasteiger partial charge in [0.15, 0.2) is 5.76 Å². The minimum absolute atomic E-state index is 0.0228. The molecule has 2 N–H and O–H groups in total. The zero-order chi connectivity index (χ0) is 16.6. The minimum atomic E-state index is -3.88. The van der Waals surface area contributed by atoms with Crippen LogP contribution < -0.4 is 5.14 Å². The Hall–Kier alpha value is -2.15. The Labute approximate surface area is 138 Å². The summed E-state index contributed by atoms with van der Waals surface area (Å²) in [7, 11) is -3.88. The third-order valence-corrected chi connectivity index (χ3v) is 4.62. The second-order valence-corrected chi connectivity index (χ2v) is 6.99. The van der Waals surface area contributed by atoms with E-state index in [4.69, 9.17) is 21.3 Å². The van der Waals surface area contributed by atoms with Gasteiger partial charge in [0.25, 0.3) is 0 Å². The lowest BCUT2D eigenvalue weighted by Crippen LogP contribution is -2.13. The standard InChI is InChI=1S/C16H13ClN2O3S/c1-10-15(13-7-2-3-8-14(13)23(18,20)21)16(22-19-10)11-5-4-6-12(17)9-11/h2-9H,1H3,(H2,18,20,21). The van der Waals surface area contributed by atoms with Crippen molar-refractivity contribution < 1.29 is 12.9 Å². The predicted molar refractivity (Wildman–Crippen MR) is 88.5 cm³/mol. The molecule has 5 nitrogen and oxygen atoms in total. The molecule has 0 fully saturated rings. The molecular weight excluding hydrogens is 336 g/mol. The number of hydrogen-bond acceptors (Lipinski definition) is 4. The molecule has 3 rings (SSSR count). The maximum Gasteiger partial charge on any atom is 0.238 e. The summed E-state index contributed by atoms with van der Waals surface area (Å²) < 4.78 is 29.1. The summed E-state index contributed by atoms with van der Waals surface area (Å²) in [5.41, 5.74) is 2.30. The Morgan fingerprint density at radius 2 is 1.87 bits per heavy atom. The van der Waals surface area contributed by atoms with Crippen LogP contribution in [-0.4, -0.2) is 13.6 Å². The molecule has 1 heterocycles. The Morgan fingerprint density at radius 3 is 2.57 bits per heavy atom. The molecule has 118 valence electrons. The summed E-state index contributed by atoms with van der Waals surface area (Å²) in [6.07, 6.45) is 0. The number of rotatable bonds is 3. The molecule has 3 aromatic rings. The topological polar surface area (TPSA) is 86.2 Å². The Balaban J connectivity index is 2.30. The zero-order valence-electron chi connectivity index (χ0n) is 12.2. The van der Waals surface area contributed by atoms with Crippen molar-refractivity contribution in [2.24, 2.45) is 5.14 Å². The van der Waals surface area contributed by atoms with Gasteiger partial charge in [-0.3, -0.25) is 0 Å². The monoisotopic (exact) mass is 348 g/mol. The second kappa shape index (κ2) is 5.81. The van der Waals surface area contributed by atoms with Gasteiger partial charge in [0.2, 0.25) is 10.0 Å². The van der Waals surface area contributed by atoms with Crippen molar-refractivity contribution in [2.75, 3.05) is 0 Å². The van der Waals surface area contributed by atoms with Crippen molar-refractivity contribution in [2.45, 2.75) is 11.8 Å². The number of nitrogens with zero attached hydrogens (tertiary/aromatic N) is 1. The lowest BCUT2D eigenvalue weighted by Gasteiger charge is -2.08. The average molecular weight is 349 g/mol. The van der Waals surface area contributed by atoms with Crippen LogP contribution in [-0.2, 0) is 10.0 Å². The summed E-state index contributed by atoms with van der Waals surface area (Å²) in [6.45, 7) is 1.74. The third kappa shape index (κ3) is 3.01. The number of hydrogen-bond donors (Lipinski definition) is 1. The van der Waals surface area contributed by atoms with E-state index < -0.39 is 10.0 Å². The van der Waals surface area contributed by atoms with Gasteiger partial charge in [-0.2, -0.15) is 0 Å². The molecule has 2 aromatic carbocycles. The number of sulfonamides is 1. The number of aromatic nitrogens is 1. The van der Waals surface area contributed by atoms with E-state index in [0.29, 0.717) is 33.2 Å². The summed E-state index contributed by atoms with van der Waals surface area (Å²) in [5.74, 6) is 0.445. The van der Waals surface area contributed by atoms with Crippen molar-refractivity contribution in [3.63, 3.8) is 0 Å². The highest BCUT2D eigenvalue weighted by molar-refractivity contribution is 7.89. The fourth-order valence-electron chi connectivity index (χ4n) is 2.43. The number of nitrogens with two attached hydrogens (primary N) is 1.